The standard InChI is InChI=1S/C38H50F2O11S/c39-38(40,52-51-50-44)33(43)49-36-15-26-7-27(16-36)37(28(8-26)17-36)47-29(18-45-31(41)34-9-20-1-21(10-34)3-22(2-20)11-34)30(48-37)19-46-32(42)35-12-23-4-24(13-35)6-25(5-23)14-35/h20-30,44H,1-19H2/p-1. The fraction of sp³-hybridized carbons (Fsp3) is 0.921. The van der Waals surface area contributed by atoms with Crippen molar-refractivity contribution >= 4 is 30.0 Å². The molecule has 4 unspecified atom stereocenters. The number of esters is 3. The van der Waals surface area contributed by atoms with E-state index in [0.29, 0.717) is 54.8 Å². The van der Waals surface area contributed by atoms with Crippen LogP contribution in [0.15, 0.2) is 0 Å². The summed E-state index contributed by atoms with van der Waals surface area (Å²) >= 11 is -0.689. The first-order chi connectivity index (χ1) is 24.9. The fourth-order valence-electron chi connectivity index (χ4n) is 15.0. The molecule has 0 N–H and O–H groups in total. The van der Waals surface area contributed by atoms with Crippen LogP contribution in [0.4, 0.5) is 8.78 Å². The smallest absolute Gasteiger partial charge is 0.415 e. The van der Waals surface area contributed by atoms with E-state index in [-0.39, 0.29) is 55.7 Å². The van der Waals surface area contributed by atoms with Crippen LogP contribution in [0.25, 0.3) is 0 Å². The molecule has 0 amide bonds. The van der Waals surface area contributed by atoms with Gasteiger partial charge in [-0.2, -0.15) is 13.1 Å². The van der Waals surface area contributed by atoms with Gasteiger partial charge in [0.1, 0.15) is 43.1 Å². The van der Waals surface area contributed by atoms with Gasteiger partial charge in [-0.25, -0.2) is 4.79 Å². The molecular formula is C38H49F2O11S-. The Hall–Kier alpha value is -1.58. The Morgan fingerprint density at radius 1 is 0.635 bits per heavy atom. The van der Waals surface area contributed by atoms with Crippen LogP contribution >= 0.6 is 12.0 Å². The van der Waals surface area contributed by atoms with Crippen LogP contribution in [0.1, 0.15) is 109 Å². The van der Waals surface area contributed by atoms with E-state index in [0.717, 1.165) is 38.5 Å². The number of ether oxygens (including phenoxy) is 5. The lowest BCUT2D eigenvalue weighted by Gasteiger charge is -2.62. The molecule has 13 rings (SSSR count). The summed E-state index contributed by atoms with van der Waals surface area (Å²) in [6.07, 6.45) is 13.6. The molecule has 0 radical (unpaired) electrons. The van der Waals surface area contributed by atoms with Crippen LogP contribution in [0.2, 0.25) is 0 Å². The van der Waals surface area contributed by atoms with Crippen LogP contribution in [0.3, 0.4) is 0 Å². The van der Waals surface area contributed by atoms with Gasteiger partial charge < -0.3 is 28.9 Å². The topological polar surface area (TPSA) is 139 Å². The van der Waals surface area contributed by atoms with Gasteiger partial charge in [0, 0.05) is 11.8 Å². The number of carbonyl (C=O) groups excluding carboxylic acids is 3. The Labute approximate surface area is 306 Å². The monoisotopic (exact) mass is 751 g/mol. The lowest BCUT2D eigenvalue weighted by atomic mass is 9.49. The van der Waals surface area contributed by atoms with E-state index in [2.05, 4.69) is 9.37 Å². The molecule has 13 fully saturated rings. The van der Waals surface area contributed by atoms with Gasteiger partial charge in [0.2, 0.25) is 0 Å². The molecule has 12 bridgehead atoms. The van der Waals surface area contributed by atoms with Crippen molar-refractivity contribution < 1.29 is 61.5 Å². The van der Waals surface area contributed by atoms with E-state index in [1.165, 1.54) is 38.5 Å². The molecule has 14 heteroatoms. The molecule has 52 heavy (non-hydrogen) atoms. The van der Waals surface area contributed by atoms with Gasteiger partial charge in [-0.1, -0.05) is 0 Å². The molecular weight excluding hydrogens is 702 g/mol. The van der Waals surface area contributed by atoms with Gasteiger partial charge in [0.15, 0.2) is 5.79 Å². The van der Waals surface area contributed by atoms with Crippen LogP contribution in [0.5, 0.6) is 0 Å². The largest absolute Gasteiger partial charge is 0.691 e. The van der Waals surface area contributed by atoms with Crippen molar-refractivity contribution in [1.29, 1.82) is 0 Å². The van der Waals surface area contributed by atoms with Gasteiger partial charge >= 0.3 is 23.2 Å². The van der Waals surface area contributed by atoms with Gasteiger partial charge in [0.05, 0.1) is 10.8 Å². The molecule has 12 saturated carbocycles. The molecule has 1 spiro atoms. The molecule has 4 atom stereocenters. The first-order valence-electron chi connectivity index (χ1n) is 19.8. The highest BCUT2D eigenvalue weighted by molar-refractivity contribution is 7.96. The molecule has 288 valence electrons. The van der Waals surface area contributed by atoms with E-state index in [4.69, 9.17) is 23.7 Å². The molecule has 1 aliphatic heterocycles. The lowest BCUT2D eigenvalue weighted by Crippen LogP contribution is -2.65. The second-order valence-electron chi connectivity index (χ2n) is 19.3. The average Bonchev–Trinajstić information content (AvgIpc) is 3.45. The van der Waals surface area contributed by atoms with Gasteiger partial charge in [-0.3, -0.25) is 14.6 Å². The van der Waals surface area contributed by atoms with Crippen LogP contribution in [0, 0.1) is 64.1 Å². The van der Waals surface area contributed by atoms with Crippen molar-refractivity contribution in [3.8, 4) is 0 Å². The van der Waals surface area contributed by atoms with Gasteiger partial charge in [-0.15, -0.1) is 0 Å². The van der Waals surface area contributed by atoms with Crippen molar-refractivity contribution in [2.45, 2.75) is 138 Å². The predicted molar refractivity (Wildman–Crippen MR) is 173 cm³/mol. The molecule has 0 aromatic heterocycles. The first kappa shape index (κ1) is 34.9. The van der Waals surface area contributed by atoms with E-state index in [1.807, 2.05) is 0 Å². The summed E-state index contributed by atoms with van der Waals surface area (Å²) in [6, 6.07) is 0. The number of alkyl halides is 2. The summed E-state index contributed by atoms with van der Waals surface area (Å²) in [6.45, 7) is -0.0354. The van der Waals surface area contributed by atoms with Crippen LogP contribution < -0.4 is 5.26 Å². The summed E-state index contributed by atoms with van der Waals surface area (Å²) in [4.78, 5) is 40.5. The molecule has 11 nitrogen and oxygen atoms in total. The number of rotatable bonds is 11. The Morgan fingerprint density at radius 3 is 1.44 bits per heavy atom. The molecule has 1 heterocycles. The summed E-state index contributed by atoms with van der Waals surface area (Å²) in [5.41, 5.74) is -2.01. The van der Waals surface area contributed by atoms with Crippen molar-refractivity contribution in [2.75, 3.05) is 13.2 Å². The quantitative estimate of drug-likeness (QED) is 0.0858. The number of hydrogen-bond donors (Lipinski definition) is 0. The second-order valence-corrected chi connectivity index (χ2v) is 20.1. The normalized spacial score (nSPS) is 50.2. The minimum atomic E-state index is -4.14. The predicted octanol–water partition coefficient (Wildman–Crippen LogP) is 5.57. The SMILES string of the molecule is O=C(OCC1OC2(OC1COC(=O)C13CC4CC(CC(C4)C1)C3)C1CC3CC2CC(OC(=O)C(F)(F)SOO[O-])(C3)C1)C12CC3CC(CC(C3)C1)C2. The van der Waals surface area contributed by atoms with Crippen molar-refractivity contribution in [3.05, 3.63) is 0 Å². The van der Waals surface area contributed by atoms with Crippen molar-refractivity contribution in [3.63, 3.8) is 0 Å². The number of carbonyl (C=O) groups is 3. The Kier molecular flexibility index (Phi) is 8.19. The maximum Gasteiger partial charge on any atom is 0.415 e. The minimum Gasteiger partial charge on any atom is -0.691 e. The van der Waals surface area contributed by atoms with E-state index >= 15 is 0 Å². The maximum atomic E-state index is 14.5. The highest BCUT2D eigenvalue weighted by atomic mass is 32.2. The van der Waals surface area contributed by atoms with E-state index < -0.39 is 57.7 Å². The average molecular weight is 752 g/mol. The third kappa shape index (κ3) is 5.60. The third-order valence-electron chi connectivity index (χ3n) is 15.8. The minimum absolute atomic E-state index is 0.0177. The highest BCUT2D eigenvalue weighted by Gasteiger charge is 2.70. The van der Waals surface area contributed by atoms with Crippen LogP contribution in [-0.4, -0.2) is 60.0 Å². The first-order valence-corrected chi connectivity index (χ1v) is 20.6. The lowest BCUT2D eigenvalue weighted by molar-refractivity contribution is -0.777. The summed E-state index contributed by atoms with van der Waals surface area (Å²) in [5, 5.41) is 9.03. The Morgan fingerprint density at radius 2 is 1.04 bits per heavy atom. The summed E-state index contributed by atoms with van der Waals surface area (Å²) < 4.78 is 64.5. The number of hydrogen-bond acceptors (Lipinski definition) is 12. The zero-order valence-corrected chi connectivity index (χ0v) is 30.3. The zero-order chi connectivity index (χ0) is 35.7. The van der Waals surface area contributed by atoms with E-state index in [9.17, 15) is 28.4 Å². The Bertz CT molecular complexity index is 1330. The zero-order valence-electron chi connectivity index (χ0n) is 29.4. The summed E-state index contributed by atoms with van der Waals surface area (Å²) in [5.74, 6) is -0.114. The Balaban J connectivity index is 0.867. The molecule has 13 aliphatic rings. The third-order valence-corrected chi connectivity index (χ3v) is 16.3. The molecule has 12 aliphatic carbocycles. The van der Waals surface area contributed by atoms with Gasteiger partial charge in [0.25, 0.3) is 0 Å². The van der Waals surface area contributed by atoms with Gasteiger partial charge in [-0.05, 0) is 151 Å². The summed E-state index contributed by atoms with van der Waals surface area (Å²) in [7, 11) is 0. The molecule has 0 aromatic carbocycles. The second kappa shape index (κ2) is 12.2. The maximum absolute atomic E-state index is 14.5. The van der Waals surface area contributed by atoms with E-state index in [1.54, 1.807) is 0 Å². The fourth-order valence-corrected chi connectivity index (χ4v) is 15.2. The number of halogens is 2. The van der Waals surface area contributed by atoms with Crippen molar-refractivity contribution in [2.24, 2.45) is 64.1 Å². The molecule has 1 saturated heterocycles. The van der Waals surface area contributed by atoms with Crippen LogP contribution in [-0.2, 0) is 47.4 Å². The highest BCUT2D eigenvalue weighted by Crippen LogP contribution is 2.66. The van der Waals surface area contributed by atoms with Crippen molar-refractivity contribution in [1.82, 2.24) is 0 Å². The molecule has 0 aromatic rings.